The monoisotopic (exact) mass is 125 g/mol. The molecule has 0 fully saturated rings. The number of hydrogen-bond acceptors (Lipinski definition) is 0. The maximum Gasteiger partial charge on any atom is 0 e. The van der Waals surface area contributed by atoms with Gasteiger partial charge in [0, 0.05) is 78.3 Å². The van der Waals surface area contributed by atoms with Gasteiger partial charge in [-0.25, -0.2) is 0 Å². The van der Waals surface area contributed by atoms with Crippen molar-refractivity contribution < 1.29 is 0 Å². The summed E-state index contributed by atoms with van der Waals surface area (Å²) in [6.07, 6.45) is 0. The third kappa shape index (κ3) is 8.86. The summed E-state index contributed by atoms with van der Waals surface area (Å²) in [5.74, 6) is 0. The Labute approximate surface area is 86.4 Å². The Morgan fingerprint density at radius 2 is 1.00 bits per heavy atom. The first-order valence-electron chi connectivity index (χ1n) is 0. The molecule has 0 heterocycles. The van der Waals surface area contributed by atoms with E-state index in [4.69, 9.17) is 0 Å². The molecule has 0 nitrogen and oxygen atoms in total. The minimum absolute atomic E-state index is 0. The average Bonchev–Trinajstić information content (AvgIpc) is 0. The zero-order chi connectivity index (χ0) is 0. The standard InChI is InChI=1S/Ca.Na.H3P.Si/h;;1H3;. The Kier molecular flexibility index (Phi) is 120. The predicted octanol–water partition coefficient (Wildman–Crippen LogP) is -1.08. The SMILES string of the molecule is P.[Ca].[Na].[Si]. The number of rotatable bonds is 0. The van der Waals surface area contributed by atoms with Crippen LogP contribution in [0.1, 0.15) is 0 Å². The van der Waals surface area contributed by atoms with Crippen molar-refractivity contribution in [1.29, 1.82) is 0 Å². The minimum Gasteiger partial charge on any atom is -0.153 e. The van der Waals surface area contributed by atoms with Gasteiger partial charge < -0.3 is 0 Å². The van der Waals surface area contributed by atoms with Crippen molar-refractivity contribution in [2.45, 2.75) is 0 Å². The van der Waals surface area contributed by atoms with E-state index in [0.717, 1.165) is 0 Å². The minimum atomic E-state index is 0. The summed E-state index contributed by atoms with van der Waals surface area (Å²) in [6.45, 7) is 0. The second-order valence-corrected chi connectivity index (χ2v) is 0. The van der Waals surface area contributed by atoms with Crippen LogP contribution in [-0.2, 0) is 0 Å². The summed E-state index contributed by atoms with van der Waals surface area (Å²) < 4.78 is 0. The molecular weight excluding hydrogens is 122 g/mol. The van der Waals surface area contributed by atoms with Crippen LogP contribution in [-0.4, -0.2) is 78.3 Å². The topological polar surface area (TPSA) is 0 Å². The summed E-state index contributed by atoms with van der Waals surface area (Å²) in [6, 6.07) is 0. The zero-order valence-electron chi connectivity index (χ0n) is 2.91. The van der Waals surface area contributed by atoms with Crippen molar-refractivity contribution >= 4 is 88.2 Å². The molecule has 0 aromatic heterocycles. The molecule has 0 rings (SSSR count). The van der Waals surface area contributed by atoms with Gasteiger partial charge in [-0.2, -0.15) is 9.90 Å². The third-order valence-corrected chi connectivity index (χ3v) is 0. The number of hydrogen-bond donors (Lipinski definition) is 0. The first kappa shape index (κ1) is 28.5. The Morgan fingerprint density at radius 3 is 1.00 bits per heavy atom. The van der Waals surface area contributed by atoms with Crippen LogP contribution >= 0.6 is 9.90 Å². The van der Waals surface area contributed by atoms with Gasteiger partial charge in [-0.05, 0) is 0 Å². The molecule has 0 spiro atoms. The normalized spacial score (nSPS) is 0. The molecule has 0 amide bonds. The van der Waals surface area contributed by atoms with Crippen LogP contribution in [0.2, 0.25) is 0 Å². The van der Waals surface area contributed by atoms with E-state index in [-0.39, 0.29) is 88.2 Å². The first-order valence-corrected chi connectivity index (χ1v) is 0. The molecule has 0 N–H and O–H groups in total. The van der Waals surface area contributed by atoms with E-state index in [0.29, 0.717) is 0 Å². The fraction of sp³-hybridized carbons (Fsp3) is 0. The third-order valence-electron chi connectivity index (χ3n) is 0. The zero-order valence-corrected chi connectivity index (χ0v) is 9.54. The molecular formula is H3CaNaPSi. The molecule has 7 radical (unpaired) electrons. The molecule has 1 atom stereocenters. The van der Waals surface area contributed by atoms with E-state index in [1.807, 2.05) is 0 Å². The molecule has 0 saturated carbocycles. The van der Waals surface area contributed by atoms with Crippen molar-refractivity contribution in [3.8, 4) is 0 Å². The molecule has 0 aliphatic heterocycles. The van der Waals surface area contributed by atoms with E-state index in [9.17, 15) is 0 Å². The predicted molar refractivity (Wildman–Crippen MR) is 28.4 cm³/mol. The first-order chi connectivity index (χ1) is 0. The maximum absolute atomic E-state index is 0. The van der Waals surface area contributed by atoms with Crippen molar-refractivity contribution in [3.05, 3.63) is 0 Å². The van der Waals surface area contributed by atoms with E-state index in [2.05, 4.69) is 0 Å². The molecule has 0 aliphatic carbocycles. The van der Waals surface area contributed by atoms with Crippen LogP contribution in [0, 0.1) is 0 Å². The molecule has 0 aliphatic rings. The van der Waals surface area contributed by atoms with Crippen LogP contribution in [0.5, 0.6) is 0 Å². The Hall–Kier alpha value is 2.91. The summed E-state index contributed by atoms with van der Waals surface area (Å²) in [4.78, 5) is 0. The largest absolute Gasteiger partial charge is 0.153 e. The van der Waals surface area contributed by atoms with Gasteiger partial charge in [-0.3, -0.25) is 0 Å². The Balaban J connectivity index is 0. The molecule has 0 saturated heterocycles. The van der Waals surface area contributed by atoms with Crippen molar-refractivity contribution in [2.75, 3.05) is 0 Å². The van der Waals surface area contributed by atoms with E-state index in [1.165, 1.54) is 0 Å². The maximum atomic E-state index is 0. The Bertz CT molecular complexity index is 8.00. The van der Waals surface area contributed by atoms with Crippen molar-refractivity contribution in [2.24, 2.45) is 0 Å². The second-order valence-electron chi connectivity index (χ2n) is 0. The van der Waals surface area contributed by atoms with Gasteiger partial charge in [-0.1, -0.05) is 0 Å². The quantitative estimate of drug-likeness (QED) is 0.285. The van der Waals surface area contributed by atoms with Gasteiger partial charge in [0.1, 0.15) is 0 Å². The summed E-state index contributed by atoms with van der Waals surface area (Å²) in [5.41, 5.74) is 0. The fourth-order valence-electron chi connectivity index (χ4n) is 0. The van der Waals surface area contributed by atoms with Crippen LogP contribution in [0.15, 0.2) is 0 Å². The molecule has 4 heavy (non-hydrogen) atoms. The smallest absolute Gasteiger partial charge is 0 e. The van der Waals surface area contributed by atoms with Gasteiger partial charge in [-0.15, -0.1) is 0 Å². The molecule has 0 bridgehead atoms. The van der Waals surface area contributed by atoms with Crippen molar-refractivity contribution in [3.63, 3.8) is 0 Å². The van der Waals surface area contributed by atoms with Crippen molar-refractivity contribution in [1.82, 2.24) is 0 Å². The van der Waals surface area contributed by atoms with E-state index in [1.54, 1.807) is 0 Å². The molecule has 4 heteroatoms. The van der Waals surface area contributed by atoms with E-state index >= 15 is 0 Å². The average molecular weight is 125 g/mol. The van der Waals surface area contributed by atoms with Crippen LogP contribution < -0.4 is 0 Å². The summed E-state index contributed by atoms with van der Waals surface area (Å²) in [5, 5.41) is 0. The van der Waals surface area contributed by atoms with Crippen LogP contribution in [0.4, 0.5) is 0 Å². The summed E-state index contributed by atoms with van der Waals surface area (Å²) in [7, 11) is 0. The molecule has 0 aromatic carbocycles. The van der Waals surface area contributed by atoms with Gasteiger partial charge in [0.05, 0.1) is 0 Å². The molecule has 1 unspecified atom stereocenters. The second kappa shape index (κ2) is 16.8. The van der Waals surface area contributed by atoms with Gasteiger partial charge in [0.15, 0.2) is 0 Å². The molecule has 0 aromatic rings. The van der Waals surface area contributed by atoms with Gasteiger partial charge in [0.25, 0.3) is 0 Å². The van der Waals surface area contributed by atoms with Gasteiger partial charge in [0.2, 0.25) is 0 Å². The van der Waals surface area contributed by atoms with Gasteiger partial charge >= 0.3 is 0 Å². The van der Waals surface area contributed by atoms with E-state index < -0.39 is 0 Å². The summed E-state index contributed by atoms with van der Waals surface area (Å²) >= 11 is 0. The van der Waals surface area contributed by atoms with Crippen LogP contribution in [0.25, 0.3) is 0 Å². The fourth-order valence-corrected chi connectivity index (χ4v) is 0. The Morgan fingerprint density at radius 1 is 1.00 bits per heavy atom. The molecule has 15 valence electrons. The van der Waals surface area contributed by atoms with Crippen LogP contribution in [0.3, 0.4) is 0 Å².